The van der Waals surface area contributed by atoms with Gasteiger partial charge in [-0.2, -0.15) is 0 Å². The van der Waals surface area contributed by atoms with E-state index in [-0.39, 0.29) is 5.82 Å². The third kappa shape index (κ3) is 2.78. The van der Waals surface area contributed by atoms with E-state index >= 15 is 0 Å². The van der Waals surface area contributed by atoms with Crippen molar-refractivity contribution in [3.8, 4) is 0 Å². The molecule has 2 aromatic carbocycles. The summed E-state index contributed by atoms with van der Waals surface area (Å²) in [5.41, 5.74) is 5.88. The minimum absolute atomic E-state index is 0.0366. The highest BCUT2D eigenvalue weighted by molar-refractivity contribution is 5.51. The Labute approximate surface area is 126 Å². The van der Waals surface area contributed by atoms with Crippen molar-refractivity contribution in [3.05, 3.63) is 76.6 Å². The molecule has 1 aliphatic rings. The topological polar surface area (TPSA) is 0 Å². The van der Waals surface area contributed by atoms with Crippen LogP contribution in [0.2, 0.25) is 0 Å². The van der Waals surface area contributed by atoms with E-state index in [1.165, 1.54) is 16.7 Å². The van der Waals surface area contributed by atoms with Gasteiger partial charge in [0.2, 0.25) is 0 Å². The lowest BCUT2D eigenvalue weighted by Crippen LogP contribution is -2.14. The number of fused-ring (bicyclic) bond motifs is 1. The van der Waals surface area contributed by atoms with Crippen molar-refractivity contribution in [3.63, 3.8) is 0 Å². The Balaban J connectivity index is 1.87. The molecule has 21 heavy (non-hydrogen) atoms. The van der Waals surface area contributed by atoms with Crippen molar-refractivity contribution in [1.29, 1.82) is 0 Å². The van der Waals surface area contributed by atoms with Crippen LogP contribution in [0, 0.1) is 5.82 Å². The van der Waals surface area contributed by atoms with Gasteiger partial charge >= 0.3 is 0 Å². The maximum Gasteiger partial charge on any atom is 0.126 e. The van der Waals surface area contributed by atoms with Crippen molar-refractivity contribution in [2.75, 3.05) is 0 Å². The van der Waals surface area contributed by atoms with Gasteiger partial charge in [-0.25, -0.2) is 4.39 Å². The molecule has 108 valence electrons. The lowest BCUT2D eigenvalue weighted by Gasteiger charge is -2.26. The fraction of sp³-hybridized carbons (Fsp3) is 0.300. The molecule has 0 amide bonds. The zero-order valence-electron chi connectivity index (χ0n) is 12.5. The van der Waals surface area contributed by atoms with E-state index < -0.39 is 0 Å². The summed E-state index contributed by atoms with van der Waals surface area (Å²) in [7, 11) is 0. The summed E-state index contributed by atoms with van der Waals surface area (Å²) >= 11 is 0. The van der Waals surface area contributed by atoms with Crippen LogP contribution in [0.25, 0.3) is 6.08 Å². The number of hydrogen-bond donors (Lipinski definition) is 0. The highest BCUT2D eigenvalue weighted by Gasteiger charge is 2.22. The van der Waals surface area contributed by atoms with Crippen LogP contribution in [0.5, 0.6) is 0 Å². The van der Waals surface area contributed by atoms with Crippen molar-refractivity contribution in [2.45, 2.75) is 38.5 Å². The Morgan fingerprint density at radius 1 is 1.19 bits per heavy atom. The molecule has 0 aromatic heterocycles. The predicted molar refractivity (Wildman–Crippen MR) is 87.1 cm³/mol. The molecule has 1 aliphatic carbocycles. The first-order valence-corrected chi connectivity index (χ1v) is 7.73. The van der Waals surface area contributed by atoms with Gasteiger partial charge in [0.15, 0.2) is 0 Å². The molecule has 3 rings (SSSR count). The third-order valence-corrected chi connectivity index (χ3v) is 4.61. The number of halogens is 1. The standard InChI is InChI=1S/C20H21F/c1-3-14-5-7-17-13-18(9-8-16(17)11-14)19-10-6-15(4-2)12-20(19)21/h3,5-7,10-12,18H,1,4,8-9,13H2,2H3. The maximum atomic E-state index is 14.3. The van der Waals surface area contributed by atoms with Crippen molar-refractivity contribution in [2.24, 2.45) is 0 Å². The number of hydrogen-bond acceptors (Lipinski definition) is 0. The Morgan fingerprint density at radius 3 is 2.76 bits per heavy atom. The first kappa shape index (κ1) is 14.1. The third-order valence-electron chi connectivity index (χ3n) is 4.61. The zero-order chi connectivity index (χ0) is 14.8. The van der Waals surface area contributed by atoms with Crippen LogP contribution in [-0.4, -0.2) is 0 Å². The molecular weight excluding hydrogens is 259 g/mol. The van der Waals surface area contributed by atoms with Crippen molar-refractivity contribution >= 4 is 6.08 Å². The van der Waals surface area contributed by atoms with Crippen molar-refractivity contribution in [1.82, 2.24) is 0 Å². The molecule has 0 saturated carbocycles. The fourth-order valence-corrected chi connectivity index (χ4v) is 3.29. The van der Waals surface area contributed by atoms with Crippen LogP contribution in [0.15, 0.2) is 43.0 Å². The number of rotatable bonds is 3. The molecule has 1 unspecified atom stereocenters. The van der Waals surface area contributed by atoms with Crippen LogP contribution < -0.4 is 0 Å². The van der Waals surface area contributed by atoms with Crippen LogP contribution >= 0.6 is 0 Å². The smallest absolute Gasteiger partial charge is 0.126 e. The van der Waals surface area contributed by atoms with Gasteiger partial charge in [0.25, 0.3) is 0 Å². The van der Waals surface area contributed by atoms with Crippen LogP contribution in [0.3, 0.4) is 0 Å². The van der Waals surface area contributed by atoms with Crippen LogP contribution in [0.4, 0.5) is 4.39 Å². The van der Waals surface area contributed by atoms with Gasteiger partial charge in [0.1, 0.15) is 5.82 Å². The minimum Gasteiger partial charge on any atom is -0.207 e. The van der Waals surface area contributed by atoms with E-state index in [1.807, 2.05) is 12.1 Å². The average Bonchev–Trinajstić information content (AvgIpc) is 2.53. The molecule has 0 heterocycles. The Hall–Kier alpha value is -1.89. The van der Waals surface area contributed by atoms with E-state index in [1.54, 1.807) is 6.07 Å². The van der Waals surface area contributed by atoms with Gasteiger partial charge in [-0.15, -0.1) is 0 Å². The highest BCUT2D eigenvalue weighted by Crippen LogP contribution is 2.34. The summed E-state index contributed by atoms with van der Waals surface area (Å²) in [4.78, 5) is 0. The molecule has 0 nitrogen and oxygen atoms in total. The molecular formula is C20H21F. The monoisotopic (exact) mass is 280 g/mol. The zero-order valence-corrected chi connectivity index (χ0v) is 12.5. The average molecular weight is 280 g/mol. The molecule has 0 radical (unpaired) electrons. The highest BCUT2D eigenvalue weighted by atomic mass is 19.1. The molecule has 0 bridgehead atoms. The van der Waals surface area contributed by atoms with Crippen LogP contribution in [0.1, 0.15) is 47.1 Å². The fourth-order valence-electron chi connectivity index (χ4n) is 3.29. The second-order valence-electron chi connectivity index (χ2n) is 5.88. The predicted octanol–water partition coefficient (Wildman–Crippen LogP) is 5.30. The molecule has 0 fully saturated rings. The van der Waals surface area contributed by atoms with Gasteiger partial charge in [-0.05, 0) is 65.5 Å². The normalized spacial score (nSPS) is 17.3. The molecule has 2 aromatic rings. The first-order chi connectivity index (χ1) is 10.2. The molecule has 0 aliphatic heterocycles. The first-order valence-electron chi connectivity index (χ1n) is 7.73. The lowest BCUT2D eigenvalue weighted by molar-refractivity contribution is 0.533. The Morgan fingerprint density at radius 2 is 2.05 bits per heavy atom. The quantitative estimate of drug-likeness (QED) is 0.715. The largest absolute Gasteiger partial charge is 0.207 e. The Bertz CT molecular complexity index is 670. The summed E-state index contributed by atoms with van der Waals surface area (Å²) < 4.78 is 14.3. The van der Waals surface area contributed by atoms with Gasteiger partial charge in [-0.1, -0.05) is 49.9 Å². The molecule has 0 spiro atoms. The summed E-state index contributed by atoms with van der Waals surface area (Å²) in [5, 5.41) is 0. The van der Waals surface area contributed by atoms with E-state index in [9.17, 15) is 4.39 Å². The molecule has 0 saturated heterocycles. The van der Waals surface area contributed by atoms with E-state index in [0.717, 1.165) is 36.8 Å². The van der Waals surface area contributed by atoms with Gasteiger partial charge in [0, 0.05) is 0 Å². The second-order valence-corrected chi connectivity index (χ2v) is 5.88. The van der Waals surface area contributed by atoms with E-state index in [2.05, 4.69) is 37.8 Å². The van der Waals surface area contributed by atoms with E-state index in [4.69, 9.17) is 0 Å². The Kier molecular flexibility index (Phi) is 3.92. The summed E-state index contributed by atoms with van der Waals surface area (Å²) in [6.07, 6.45) is 5.76. The van der Waals surface area contributed by atoms with E-state index in [0.29, 0.717) is 5.92 Å². The van der Waals surface area contributed by atoms with Gasteiger partial charge < -0.3 is 0 Å². The maximum absolute atomic E-state index is 14.3. The minimum atomic E-state index is -0.0366. The summed E-state index contributed by atoms with van der Waals surface area (Å²) in [6, 6.07) is 12.2. The van der Waals surface area contributed by atoms with Crippen molar-refractivity contribution < 1.29 is 4.39 Å². The van der Waals surface area contributed by atoms with Gasteiger partial charge in [-0.3, -0.25) is 0 Å². The lowest BCUT2D eigenvalue weighted by atomic mass is 9.79. The second kappa shape index (κ2) is 5.85. The number of aryl methyl sites for hydroxylation is 2. The molecule has 1 atom stereocenters. The molecule has 1 heteroatoms. The molecule has 0 N–H and O–H groups in total. The van der Waals surface area contributed by atoms with Gasteiger partial charge in [0.05, 0.1) is 0 Å². The SMILES string of the molecule is C=Cc1ccc2c(c1)CCC(c1ccc(CC)cc1F)C2. The summed E-state index contributed by atoms with van der Waals surface area (Å²) in [5.74, 6) is 0.267. The van der Waals surface area contributed by atoms with Crippen LogP contribution in [-0.2, 0) is 19.3 Å². The summed E-state index contributed by atoms with van der Waals surface area (Å²) in [6.45, 7) is 5.88. The number of benzene rings is 2.